The first-order valence-corrected chi connectivity index (χ1v) is 4.65. The first-order valence-electron chi connectivity index (χ1n) is 4.65. The third-order valence-electron chi connectivity index (χ3n) is 4.52. The van der Waals surface area contributed by atoms with Crippen LogP contribution in [0.2, 0.25) is 0 Å². The van der Waals surface area contributed by atoms with E-state index in [4.69, 9.17) is 0 Å². The molecule has 2 bridgehead atoms. The van der Waals surface area contributed by atoms with Crippen molar-refractivity contribution in [1.82, 2.24) is 0 Å². The molecular weight excluding hydrogens is 136 g/mol. The molecule has 3 atom stereocenters. The molecule has 2 aliphatic rings. The Kier molecular flexibility index (Phi) is 1.26. The van der Waals surface area contributed by atoms with Crippen molar-refractivity contribution < 1.29 is 5.11 Å². The summed E-state index contributed by atoms with van der Waals surface area (Å²) in [4.78, 5) is 0. The minimum atomic E-state index is -0.0405. The van der Waals surface area contributed by atoms with Gasteiger partial charge < -0.3 is 5.11 Å². The number of fused-ring (bicyclic) bond motifs is 2. The Morgan fingerprint density at radius 2 is 1.91 bits per heavy atom. The summed E-state index contributed by atoms with van der Waals surface area (Å²) in [5.74, 6) is 0.606. The fraction of sp³-hybridized carbons (Fsp3) is 1.00. The van der Waals surface area contributed by atoms with Crippen molar-refractivity contribution in [2.24, 2.45) is 16.7 Å². The van der Waals surface area contributed by atoms with Gasteiger partial charge in [0.1, 0.15) is 0 Å². The molecule has 1 nitrogen and oxygen atoms in total. The summed E-state index contributed by atoms with van der Waals surface area (Å²) in [6.07, 6.45) is 3.78. The monoisotopic (exact) mass is 154 g/mol. The molecule has 0 radical (unpaired) electrons. The zero-order valence-corrected chi connectivity index (χ0v) is 7.72. The molecular formula is C10H18O. The van der Waals surface area contributed by atoms with E-state index in [2.05, 4.69) is 20.8 Å². The van der Waals surface area contributed by atoms with Gasteiger partial charge in [-0.2, -0.15) is 0 Å². The van der Waals surface area contributed by atoms with Gasteiger partial charge in [0.05, 0.1) is 6.10 Å². The lowest BCUT2D eigenvalue weighted by atomic mass is 9.65. The number of aliphatic hydroxyl groups is 1. The van der Waals surface area contributed by atoms with Gasteiger partial charge in [0.15, 0.2) is 0 Å². The Balaban J connectivity index is 2.36. The minimum Gasteiger partial charge on any atom is -0.392 e. The van der Waals surface area contributed by atoms with Crippen LogP contribution in [0.5, 0.6) is 0 Å². The van der Waals surface area contributed by atoms with Gasteiger partial charge in [0.25, 0.3) is 0 Å². The average Bonchev–Trinajstić information content (AvgIpc) is 2.36. The molecule has 2 aliphatic carbocycles. The van der Waals surface area contributed by atoms with Gasteiger partial charge in [-0.3, -0.25) is 0 Å². The maximum absolute atomic E-state index is 9.91. The van der Waals surface area contributed by atoms with Gasteiger partial charge >= 0.3 is 0 Å². The van der Waals surface area contributed by atoms with Gasteiger partial charge in [0.2, 0.25) is 0 Å². The van der Waals surface area contributed by atoms with Crippen molar-refractivity contribution in [3.8, 4) is 0 Å². The Bertz CT molecular complexity index is 183. The maximum atomic E-state index is 9.91. The van der Waals surface area contributed by atoms with Gasteiger partial charge in [-0.1, -0.05) is 20.8 Å². The number of hydrogen-bond donors (Lipinski definition) is 1. The van der Waals surface area contributed by atoms with Crippen molar-refractivity contribution in [2.45, 2.75) is 46.1 Å². The SMILES string of the molecule is CC1(C)[C@H](O)[C@H]2CC[C@@]1(C)C2. The molecule has 64 valence electrons. The standard InChI is InChI=1S/C10H18O/c1-9(2)8(11)7-4-5-10(9,3)6-7/h7-8,11H,4-6H2,1-3H3/t7-,8+,10-/m0/s1. The molecule has 1 heteroatoms. The maximum Gasteiger partial charge on any atom is 0.0624 e. The van der Waals surface area contributed by atoms with E-state index in [-0.39, 0.29) is 11.5 Å². The van der Waals surface area contributed by atoms with E-state index in [1.165, 1.54) is 19.3 Å². The molecule has 0 saturated heterocycles. The molecule has 1 N–H and O–H groups in total. The highest BCUT2D eigenvalue weighted by Gasteiger charge is 2.59. The van der Waals surface area contributed by atoms with E-state index in [9.17, 15) is 5.11 Å². The highest BCUT2D eigenvalue weighted by Crippen LogP contribution is 2.63. The first-order chi connectivity index (χ1) is 4.97. The lowest BCUT2D eigenvalue weighted by Gasteiger charge is -2.42. The molecule has 0 amide bonds. The average molecular weight is 154 g/mol. The summed E-state index contributed by atoms with van der Waals surface area (Å²) < 4.78 is 0. The molecule has 0 aromatic heterocycles. The quantitative estimate of drug-likeness (QED) is 0.567. The van der Waals surface area contributed by atoms with E-state index >= 15 is 0 Å². The Hall–Kier alpha value is -0.0400. The highest BCUT2D eigenvalue weighted by atomic mass is 16.3. The van der Waals surface area contributed by atoms with Crippen LogP contribution in [0.1, 0.15) is 40.0 Å². The lowest BCUT2D eigenvalue weighted by molar-refractivity contribution is -0.0302. The van der Waals surface area contributed by atoms with Crippen molar-refractivity contribution in [3.63, 3.8) is 0 Å². The fourth-order valence-corrected chi connectivity index (χ4v) is 3.09. The van der Waals surface area contributed by atoms with E-state index in [0.717, 1.165) is 0 Å². The summed E-state index contributed by atoms with van der Waals surface area (Å²) in [7, 11) is 0. The molecule has 0 spiro atoms. The predicted molar refractivity (Wildman–Crippen MR) is 45.2 cm³/mol. The molecule has 2 saturated carbocycles. The second-order valence-electron chi connectivity index (χ2n) is 5.23. The van der Waals surface area contributed by atoms with Crippen LogP contribution >= 0.6 is 0 Å². The molecule has 0 aromatic rings. The van der Waals surface area contributed by atoms with Crippen LogP contribution in [0.15, 0.2) is 0 Å². The summed E-state index contributed by atoms with van der Waals surface area (Å²) in [5.41, 5.74) is 0.590. The predicted octanol–water partition coefficient (Wildman–Crippen LogP) is 2.19. The Morgan fingerprint density at radius 3 is 2.18 bits per heavy atom. The first kappa shape index (κ1) is 7.60. The molecule has 0 heterocycles. The molecule has 0 aromatic carbocycles. The normalized spacial score (nSPS) is 53.5. The van der Waals surface area contributed by atoms with Crippen LogP contribution in [-0.4, -0.2) is 11.2 Å². The van der Waals surface area contributed by atoms with E-state index < -0.39 is 0 Å². The van der Waals surface area contributed by atoms with Crippen LogP contribution in [0, 0.1) is 16.7 Å². The van der Waals surface area contributed by atoms with Crippen LogP contribution < -0.4 is 0 Å². The number of rotatable bonds is 0. The Labute approximate surface area is 68.8 Å². The van der Waals surface area contributed by atoms with Crippen LogP contribution in [0.4, 0.5) is 0 Å². The van der Waals surface area contributed by atoms with Crippen molar-refractivity contribution in [1.29, 1.82) is 0 Å². The van der Waals surface area contributed by atoms with E-state index in [1.807, 2.05) is 0 Å². The second kappa shape index (κ2) is 1.82. The fourth-order valence-electron chi connectivity index (χ4n) is 3.09. The third-order valence-corrected chi connectivity index (χ3v) is 4.52. The minimum absolute atomic E-state index is 0.0405. The number of aliphatic hydroxyl groups excluding tert-OH is 1. The van der Waals surface area contributed by atoms with Gasteiger partial charge in [-0.15, -0.1) is 0 Å². The van der Waals surface area contributed by atoms with Gasteiger partial charge in [0, 0.05) is 0 Å². The van der Waals surface area contributed by atoms with Crippen LogP contribution in [0.25, 0.3) is 0 Å². The topological polar surface area (TPSA) is 20.2 Å². The van der Waals surface area contributed by atoms with Crippen LogP contribution in [0.3, 0.4) is 0 Å². The summed E-state index contributed by atoms with van der Waals surface area (Å²) in [5, 5.41) is 9.91. The highest BCUT2D eigenvalue weighted by molar-refractivity contribution is 5.09. The lowest BCUT2D eigenvalue weighted by Crippen LogP contribution is -2.40. The molecule has 0 aliphatic heterocycles. The van der Waals surface area contributed by atoms with Crippen molar-refractivity contribution >= 4 is 0 Å². The van der Waals surface area contributed by atoms with E-state index in [0.29, 0.717) is 11.3 Å². The van der Waals surface area contributed by atoms with Crippen molar-refractivity contribution in [3.05, 3.63) is 0 Å². The summed E-state index contributed by atoms with van der Waals surface area (Å²) in [6, 6.07) is 0. The smallest absolute Gasteiger partial charge is 0.0624 e. The third kappa shape index (κ3) is 0.703. The second-order valence-corrected chi connectivity index (χ2v) is 5.23. The Morgan fingerprint density at radius 1 is 1.27 bits per heavy atom. The van der Waals surface area contributed by atoms with Gasteiger partial charge in [-0.05, 0) is 36.0 Å². The molecule has 11 heavy (non-hydrogen) atoms. The molecule has 2 rings (SSSR count). The zero-order chi connectivity index (χ0) is 8.28. The summed E-state index contributed by atoms with van der Waals surface area (Å²) in [6.45, 7) is 6.77. The number of hydrogen-bond acceptors (Lipinski definition) is 1. The molecule has 0 unspecified atom stereocenters. The van der Waals surface area contributed by atoms with Crippen molar-refractivity contribution in [2.75, 3.05) is 0 Å². The van der Waals surface area contributed by atoms with E-state index in [1.54, 1.807) is 0 Å². The summed E-state index contributed by atoms with van der Waals surface area (Å²) >= 11 is 0. The van der Waals surface area contributed by atoms with Crippen LogP contribution in [-0.2, 0) is 0 Å². The zero-order valence-electron chi connectivity index (χ0n) is 7.72. The molecule has 2 fully saturated rings. The largest absolute Gasteiger partial charge is 0.392 e. The van der Waals surface area contributed by atoms with Gasteiger partial charge in [-0.25, -0.2) is 0 Å².